The smallest absolute Gasteiger partial charge is 0.215 e. The maximum Gasteiger partial charge on any atom is 0.215 e. The molecule has 1 aliphatic heterocycles. The van der Waals surface area contributed by atoms with Gasteiger partial charge < -0.3 is 10.6 Å². The summed E-state index contributed by atoms with van der Waals surface area (Å²) in [5.41, 5.74) is 0. The van der Waals surface area contributed by atoms with Gasteiger partial charge in [-0.1, -0.05) is 13.8 Å². The zero-order valence-electron chi connectivity index (χ0n) is 13.8. The van der Waals surface area contributed by atoms with Crippen molar-refractivity contribution >= 4 is 51.7 Å². The van der Waals surface area contributed by atoms with Crippen molar-refractivity contribution in [1.29, 1.82) is 0 Å². The van der Waals surface area contributed by atoms with E-state index in [0.717, 1.165) is 11.5 Å². The molecule has 9 heteroatoms. The van der Waals surface area contributed by atoms with Gasteiger partial charge in [0.1, 0.15) is 0 Å². The van der Waals surface area contributed by atoms with Crippen LogP contribution >= 0.6 is 35.7 Å². The van der Waals surface area contributed by atoms with Crippen molar-refractivity contribution in [2.45, 2.75) is 26.8 Å². The molecule has 132 valence electrons. The first-order valence-electron chi connectivity index (χ1n) is 7.39. The van der Waals surface area contributed by atoms with E-state index >= 15 is 0 Å². The van der Waals surface area contributed by atoms with E-state index in [1.165, 1.54) is 0 Å². The summed E-state index contributed by atoms with van der Waals surface area (Å²) in [7, 11) is -1.46. The lowest BCUT2D eigenvalue weighted by Gasteiger charge is -2.26. The minimum Gasteiger partial charge on any atom is -0.355 e. The van der Waals surface area contributed by atoms with Crippen LogP contribution in [0.4, 0.5) is 0 Å². The van der Waals surface area contributed by atoms with Gasteiger partial charge >= 0.3 is 0 Å². The molecule has 1 saturated heterocycles. The summed E-state index contributed by atoms with van der Waals surface area (Å²) in [4.78, 5) is 4.13. The van der Waals surface area contributed by atoms with Crippen molar-refractivity contribution < 1.29 is 8.42 Å². The highest BCUT2D eigenvalue weighted by atomic mass is 127. The quantitative estimate of drug-likeness (QED) is 0.351. The van der Waals surface area contributed by atoms with E-state index in [4.69, 9.17) is 0 Å². The van der Waals surface area contributed by atoms with Gasteiger partial charge in [-0.15, -0.1) is 24.0 Å². The van der Waals surface area contributed by atoms with Gasteiger partial charge in [-0.2, -0.15) is 11.8 Å². The molecule has 1 atom stereocenters. The lowest BCUT2D eigenvalue weighted by molar-refractivity contribution is 0.443. The van der Waals surface area contributed by atoms with Gasteiger partial charge in [0.15, 0.2) is 5.96 Å². The summed E-state index contributed by atoms with van der Waals surface area (Å²) >= 11 is 1.81. The number of halogens is 1. The van der Waals surface area contributed by atoms with Crippen molar-refractivity contribution in [2.75, 3.05) is 43.9 Å². The highest BCUT2D eigenvalue weighted by molar-refractivity contribution is 14.0. The molecule has 0 spiro atoms. The molecule has 1 rings (SSSR count). The number of rotatable bonds is 6. The molecule has 2 N–H and O–H groups in total. The summed E-state index contributed by atoms with van der Waals surface area (Å²) in [6.45, 7) is 7.97. The van der Waals surface area contributed by atoms with Crippen molar-refractivity contribution in [3.8, 4) is 0 Å². The van der Waals surface area contributed by atoms with E-state index in [1.54, 1.807) is 23.1 Å². The second-order valence-corrected chi connectivity index (χ2v) is 8.82. The fourth-order valence-electron chi connectivity index (χ4n) is 1.83. The number of nitrogens with zero attached hydrogens (tertiary/aromatic N) is 2. The van der Waals surface area contributed by atoms with E-state index in [1.807, 2.05) is 0 Å². The topological polar surface area (TPSA) is 73.8 Å². The first kappa shape index (κ1) is 22.3. The van der Waals surface area contributed by atoms with Gasteiger partial charge in [-0.3, -0.25) is 4.99 Å². The molecule has 1 aliphatic rings. The van der Waals surface area contributed by atoms with Crippen molar-refractivity contribution in [1.82, 2.24) is 14.9 Å². The van der Waals surface area contributed by atoms with Gasteiger partial charge in [-0.05, 0) is 12.8 Å². The molecular formula is C13H29IN4O2S2. The highest BCUT2D eigenvalue weighted by Gasteiger charge is 2.23. The van der Waals surface area contributed by atoms with Crippen molar-refractivity contribution in [2.24, 2.45) is 10.9 Å². The standard InChI is InChI=1S/C13H28N4O2S2.HI/c1-11(2)12(3)16-13(14-4)15-5-10-21(18,19)17-6-8-20-9-7-17;/h11-12H,5-10H2,1-4H3,(H2,14,15,16);1H. The van der Waals surface area contributed by atoms with E-state index in [0.29, 0.717) is 31.5 Å². The van der Waals surface area contributed by atoms with Crippen LogP contribution in [-0.4, -0.2) is 68.7 Å². The molecule has 0 aromatic carbocycles. The van der Waals surface area contributed by atoms with Crippen LogP contribution in [0.15, 0.2) is 4.99 Å². The van der Waals surface area contributed by atoms with Crippen LogP contribution in [0.3, 0.4) is 0 Å². The molecular weight excluding hydrogens is 435 g/mol. The molecule has 0 radical (unpaired) electrons. The molecule has 0 aliphatic carbocycles. The number of nitrogens with one attached hydrogen (secondary N) is 2. The summed E-state index contributed by atoms with van der Waals surface area (Å²) < 4.78 is 26.0. The molecule has 1 fully saturated rings. The van der Waals surface area contributed by atoms with Gasteiger partial charge in [-0.25, -0.2) is 12.7 Å². The van der Waals surface area contributed by atoms with Crippen LogP contribution in [0.1, 0.15) is 20.8 Å². The van der Waals surface area contributed by atoms with Gasteiger partial charge in [0.05, 0.1) is 5.75 Å². The molecule has 22 heavy (non-hydrogen) atoms. The maximum atomic E-state index is 12.2. The van der Waals surface area contributed by atoms with E-state index in [-0.39, 0.29) is 35.8 Å². The molecule has 0 bridgehead atoms. The monoisotopic (exact) mass is 464 g/mol. The number of hydrogen-bond donors (Lipinski definition) is 2. The Labute approximate surface area is 156 Å². The molecule has 0 aromatic heterocycles. The normalized spacial score (nSPS) is 18.7. The fraction of sp³-hybridized carbons (Fsp3) is 0.923. The minimum atomic E-state index is -3.16. The van der Waals surface area contributed by atoms with Crippen LogP contribution in [0.2, 0.25) is 0 Å². The summed E-state index contributed by atoms with van der Waals surface area (Å²) in [6, 6.07) is 0.284. The Balaban J connectivity index is 0.00000441. The largest absolute Gasteiger partial charge is 0.355 e. The van der Waals surface area contributed by atoms with Crippen LogP contribution in [-0.2, 0) is 10.0 Å². The number of sulfonamides is 1. The summed E-state index contributed by atoms with van der Waals surface area (Å²) in [5, 5.41) is 6.34. The molecule has 0 amide bonds. The van der Waals surface area contributed by atoms with E-state index in [2.05, 4.69) is 36.4 Å². The van der Waals surface area contributed by atoms with Gasteiger partial charge in [0, 0.05) is 44.2 Å². The lowest BCUT2D eigenvalue weighted by atomic mass is 10.1. The predicted octanol–water partition coefficient (Wildman–Crippen LogP) is 1.19. The molecule has 0 aromatic rings. The second-order valence-electron chi connectivity index (χ2n) is 5.50. The lowest BCUT2D eigenvalue weighted by Crippen LogP contribution is -2.47. The fourth-order valence-corrected chi connectivity index (χ4v) is 4.32. The molecule has 1 heterocycles. The summed E-state index contributed by atoms with van der Waals surface area (Å²) in [5.74, 6) is 3.02. The Morgan fingerprint density at radius 3 is 2.36 bits per heavy atom. The zero-order valence-corrected chi connectivity index (χ0v) is 17.8. The average Bonchev–Trinajstić information content (AvgIpc) is 2.46. The number of hydrogen-bond acceptors (Lipinski definition) is 4. The van der Waals surface area contributed by atoms with Crippen molar-refractivity contribution in [3.63, 3.8) is 0 Å². The van der Waals surface area contributed by atoms with E-state index < -0.39 is 10.0 Å². The van der Waals surface area contributed by atoms with E-state index in [9.17, 15) is 8.42 Å². The van der Waals surface area contributed by atoms with Crippen LogP contribution in [0.5, 0.6) is 0 Å². The summed E-state index contributed by atoms with van der Waals surface area (Å²) in [6.07, 6.45) is 0. The Hall–Kier alpha value is 0.260. The van der Waals surface area contributed by atoms with Crippen LogP contribution in [0.25, 0.3) is 0 Å². The van der Waals surface area contributed by atoms with Crippen molar-refractivity contribution in [3.05, 3.63) is 0 Å². The number of aliphatic imine (C=N–C) groups is 1. The Kier molecular flexibility index (Phi) is 11.1. The van der Waals surface area contributed by atoms with Crippen LogP contribution in [0, 0.1) is 5.92 Å². The zero-order chi connectivity index (χ0) is 15.9. The first-order chi connectivity index (χ1) is 9.86. The minimum absolute atomic E-state index is 0. The third kappa shape index (κ3) is 7.69. The molecule has 6 nitrogen and oxygen atoms in total. The molecule has 0 saturated carbocycles. The third-order valence-electron chi connectivity index (χ3n) is 3.60. The highest BCUT2D eigenvalue weighted by Crippen LogP contribution is 2.12. The second kappa shape index (κ2) is 10.9. The molecule has 1 unspecified atom stereocenters. The maximum absolute atomic E-state index is 12.2. The Morgan fingerprint density at radius 1 is 1.27 bits per heavy atom. The SMILES string of the molecule is CN=C(NCCS(=O)(=O)N1CCSCC1)NC(C)C(C)C.I. The number of guanidine groups is 1. The first-order valence-corrected chi connectivity index (χ1v) is 10.2. The Bertz CT molecular complexity index is 437. The predicted molar refractivity (Wildman–Crippen MR) is 107 cm³/mol. The van der Waals surface area contributed by atoms with Crippen LogP contribution < -0.4 is 10.6 Å². The van der Waals surface area contributed by atoms with Gasteiger partial charge in [0.25, 0.3) is 0 Å². The average molecular weight is 464 g/mol. The Morgan fingerprint density at radius 2 is 1.86 bits per heavy atom. The number of thioether (sulfide) groups is 1. The van der Waals surface area contributed by atoms with Gasteiger partial charge in [0.2, 0.25) is 10.0 Å². The third-order valence-corrected chi connectivity index (χ3v) is 6.42.